The van der Waals surface area contributed by atoms with E-state index in [4.69, 9.17) is 5.26 Å². The molecule has 5 atom stereocenters. The van der Waals surface area contributed by atoms with Crippen molar-refractivity contribution < 1.29 is 4.79 Å². The Balaban J connectivity index is 1.75. The van der Waals surface area contributed by atoms with Crippen LogP contribution in [0.15, 0.2) is 0 Å². The smallest absolute Gasteiger partial charge is 0.241 e. The molecular formula is C13H19N3O. The number of piperidine rings is 1. The summed E-state index contributed by atoms with van der Waals surface area (Å²) >= 11 is 0. The van der Waals surface area contributed by atoms with Crippen molar-refractivity contribution in [2.24, 2.45) is 11.8 Å². The largest absolute Gasteiger partial charge is 0.322 e. The predicted molar refractivity (Wildman–Crippen MR) is 62.9 cm³/mol. The average Bonchev–Trinajstić information content (AvgIpc) is 2.82. The Bertz CT molecular complexity index is 375. The maximum atomic E-state index is 12.5. The van der Waals surface area contributed by atoms with Gasteiger partial charge in [0.1, 0.15) is 6.04 Å². The molecule has 2 aliphatic heterocycles. The molecular weight excluding hydrogens is 214 g/mol. The van der Waals surface area contributed by atoms with Crippen LogP contribution in [0.4, 0.5) is 0 Å². The van der Waals surface area contributed by atoms with Crippen molar-refractivity contribution in [1.82, 2.24) is 10.2 Å². The summed E-state index contributed by atoms with van der Waals surface area (Å²) in [5, 5.41) is 12.4. The van der Waals surface area contributed by atoms with Gasteiger partial charge in [-0.1, -0.05) is 13.3 Å². The molecule has 3 rings (SSSR count). The molecule has 2 heterocycles. The minimum atomic E-state index is -0.161. The molecule has 0 bridgehead atoms. The van der Waals surface area contributed by atoms with E-state index in [0.29, 0.717) is 17.9 Å². The highest BCUT2D eigenvalue weighted by Crippen LogP contribution is 2.48. The zero-order chi connectivity index (χ0) is 12.0. The number of hydrogen-bond acceptors (Lipinski definition) is 3. The maximum Gasteiger partial charge on any atom is 0.241 e. The first kappa shape index (κ1) is 11.0. The summed E-state index contributed by atoms with van der Waals surface area (Å²) in [5.74, 6) is 1.26. The molecule has 4 nitrogen and oxygen atoms in total. The third kappa shape index (κ3) is 1.64. The molecule has 1 aliphatic carbocycles. The molecule has 1 amide bonds. The van der Waals surface area contributed by atoms with Crippen molar-refractivity contribution >= 4 is 5.91 Å². The van der Waals surface area contributed by atoms with Crippen molar-refractivity contribution in [2.45, 2.75) is 50.7 Å². The van der Waals surface area contributed by atoms with Gasteiger partial charge in [0.05, 0.1) is 12.1 Å². The lowest BCUT2D eigenvalue weighted by atomic mass is 9.96. The first-order valence-corrected chi connectivity index (χ1v) is 6.71. The third-order valence-corrected chi connectivity index (χ3v) is 4.65. The molecule has 3 fully saturated rings. The summed E-state index contributed by atoms with van der Waals surface area (Å²) in [6.45, 7) is 3.08. The zero-order valence-electron chi connectivity index (χ0n) is 10.2. The van der Waals surface area contributed by atoms with Gasteiger partial charge in [-0.05, 0) is 37.6 Å². The monoisotopic (exact) mass is 233 g/mol. The number of amides is 1. The highest BCUT2D eigenvalue weighted by atomic mass is 16.2. The third-order valence-electron chi connectivity index (χ3n) is 4.65. The van der Waals surface area contributed by atoms with Gasteiger partial charge < -0.3 is 10.2 Å². The number of carbonyl (C=O) groups is 1. The Morgan fingerprint density at radius 1 is 1.53 bits per heavy atom. The van der Waals surface area contributed by atoms with E-state index in [1.165, 1.54) is 0 Å². The molecule has 3 unspecified atom stereocenters. The van der Waals surface area contributed by atoms with E-state index in [0.717, 1.165) is 32.2 Å². The average molecular weight is 233 g/mol. The first-order valence-electron chi connectivity index (χ1n) is 6.71. The molecule has 3 aliphatic rings. The number of likely N-dealkylation sites (tertiary alicyclic amines) is 1. The van der Waals surface area contributed by atoms with Crippen LogP contribution in [0.1, 0.15) is 32.6 Å². The molecule has 17 heavy (non-hydrogen) atoms. The van der Waals surface area contributed by atoms with Crippen molar-refractivity contribution in [3.63, 3.8) is 0 Å². The summed E-state index contributed by atoms with van der Waals surface area (Å²) in [6.07, 6.45) is 4.15. The fraction of sp³-hybridized carbons (Fsp3) is 0.846. The Labute approximate surface area is 102 Å². The molecule has 0 aromatic heterocycles. The molecule has 4 heteroatoms. The highest BCUT2D eigenvalue weighted by Gasteiger charge is 2.55. The van der Waals surface area contributed by atoms with Crippen LogP contribution in [0, 0.1) is 23.2 Å². The van der Waals surface area contributed by atoms with Gasteiger partial charge in [0.25, 0.3) is 0 Å². The lowest BCUT2D eigenvalue weighted by Gasteiger charge is -2.28. The zero-order valence-corrected chi connectivity index (χ0v) is 10.2. The van der Waals surface area contributed by atoms with Gasteiger partial charge in [-0.15, -0.1) is 0 Å². The number of fused-ring (bicyclic) bond motifs is 1. The molecule has 0 spiro atoms. The molecule has 2 saturated heterocycles. The minimum Gasteiger partial charge on any atom is -0.322 e. The van der Waals surface area contributed by atoms with Gasteiger partial charge in [-0.3, -0.25) is 4.79 Å². The highest BCUT2D eigenvalue weighted by molar-refractivity contribution is 5.84. The van der Waals surface area contributed by atoms with Gasteiger partial charge in [-0.2, -0.15) is 5.26 Å². The molecule has 1 saturated carbocycles. The summed E-state index contributed by atoms with van der Waals surface area (Å²) in [5.41, 5.74) is 0. The van der Waals surface area contributed by atoms with Crippen molar-refractivity contribution in [1.29, 1.82) is 5.26 Å². The van der Waals surface area contributed by atoms with Crippen molar-refractivity contribution in [2.75, 3.05) is 6.54 Å². The fourth-order valence-corrected chi connectivity index (χ4v) is 3.54. The van der Waals surface area contributed by atoms with Crippen LogP contribution in [0.25, 0.3) is 0 Å². The molecule has 0 radical (unpaired) electrons. The lowest BCUT2D eigenvalue weighted by Crippen LogP contribution is -2.49. The van der Waals surface area contributed by atoms with E-state index in [1.54, 1.807) is 0 Å². The second-order valence-corrected chi connectivity index (χ2v) is 5.58. The van der Waals surface area contributed by atoms with Gasteiger partial charge in [0.15, 0.2) is 0 Å². The molecule has 0 aromatic carbocycles. The van der Waals surface area contributed by atoms with Crippen LogP contribution >= 0.6 is 0 Å². The van der Waals surface area contributed by atoms with Gasteiger partial charge in [0.2, 0.25) is 5.91 Å². The fourth-order valence-electron chi connectivity index (χ4n) is 3.54. The number of rotatable bonds is 2. The van der Waals surface area contributed by atoms with E-state index < -0.39 is 0 Å². The van der Waals surface area contributed by atoms with Crippen molar-refractivity contribution in [3.05, 3.63) is 0 Å². The van der Waals surface area contributed by atoms with E-state index in [2.05, 4.69) is 18.3 Å². The summed E-state index contributed by atoms with van der Waals surface area (Å²) in [6, 6.07) is 2.48. The molecule has 1 N–H and O–H groups in total. The van der Waals surface area contributed by atoms with Crippen LogP contribution in [-0.4, -0.2) is 35.5 Å². The van der Waals surface area contributed by atoms with Gasteiger partial charge in [0, 0.05) is 6.04 Å². The number of nitriles is 1. The van der Waals surface area contributed by atoms with Crippen LogP contribution in [0.3, 0.4) is 0 Å². The van der Waals surface area contributed by atoms with Gasteiger partial charge in [-0.25, -0.2) is 0 Å². The topological polar surface area (TPSA) is 56.1 Å². The standard InChI is InChI=1S/C13H19N3O/c1-2-8-3-4-15-12(8)13(17)16-10(7-14)5-9-6-11(9)16/h8-12,15H,2-6H2,1H3/t8?,9?,10-,11?,12-/m0/s1. The van der Waals surface area contributed by atoms with Gasteiger partial charge >= 0.3 is 0 Å². The Kier molecular flexibility index (Phi) is 2.59. The predicted octanol–water partition coefficient (Wildman–Crippen LogP) is 0.887. The summed E-state index contributed by atoms with van der Waals surface area (Å²) in [4.78, 5) is 14.4. The van der Waals surface area contributed by atoms with E-state index >= 15 is 0 Å². The summed E-state index contributed by atoms with van der Waals surface area (Å²) in [7, 11) is 0. The lowest BCUT2D eigenvalue weighted by molar-refractivity contribution is -0.135. The van der Waals surface area contributed by atoms with Crippen LogP contribution in [0.5, 0.6) is 0 Å². The van der Waals surface area contributed by atoms with Crippen molar-refractivity contribution in [3.8, 4) is 6.07 Å². The first-order chi connectivity index (χ1) is 8.26. The second-order valence-electron chi connectivity index (χ2n) is 5.58. The molecule has 0 aromatic rings. The van der Waals surface area contributed by atoms with E-state index in [9.17, 15) is 4.79 Å². The van der Waals surface area contributed by atoms with E-state index in [1.807, 2.05) is 4.90 Å². The maximum absolute atomic E-state index is 12.5. The SMILES string of the molecule is CCC1CCN[C@@H]1C(=O)N1C2CC2C[C@H]1C#N. The Hall–Kier alpha value is -1.08. The van der Waals surface area contributed by atoms with Crippen LogP contribution in [-0.2, 0) is 4.79 Å². The quantitative estimate of drug-likeness (QED) is 0.770. The second kappa shape index (κ2) is 3.99. The van der Waals surface area contributed by atoms with Crippen LogP contribution in [0.2, 0.25) is 0 Å². The number of nitrogens with zero attached hydrogens (tertiary/aromatic N) is 2. The number of carbonyl (C=O) groups excluding carboxylic acids is 1. The minimum absolute atomic E-state index is 0.0322. The Morgan fingerprint density at radius 3 is 3.06 bits per heavy atom. The summed E-state index contributed by atoms with van der Waals surface area (Å²) < 4.78 is 0. The normalized spacial score (nSPS) is 43.3. The van der Waals surface area contributed by atoms with Crippen LogP contribution < -0.4 is 5.32 Å². The Morgan fingerprint density at radius 2 is 2.35 bits per heavy atom. The number of nitrogens with one attached hydrogen (secondary N) is 1. The number of hydrogen-bond donors (Lipinski definition) is 1. The molecule has 92 valence electrons. The van der Waals surface area contributed by atoms with E-state index in [-0.39, 0.29) is 18.0 Å².